The van der Waals surface area contributed by atoms with E-state index in [1.165, 1.54) is 16.3 Å². The number of fused-ring (bicyclic) bond motifs is 1. The fourth-order valence-corrected chi connectivity index (χ4v) is 4.22. The number of likely N-dealkylation sites (tertiary alicyclic amines) is 1. The second kappa shape index (κ2) is 9.31. The summed E-state index contributed by atoms with van der Waals surface area (Å²) in [6, 6.07) is 21.6. The highest BCUT2D eigenvalue weighted by Crippen LogP contribution is 2.21. The van der Waals surface area contributed by atoms with Crippen LogP contribution < -0.4 is 5.32 Å². The molecule has 0 radical (unpaired) electrons. The van der Waals surface area contributed by atoms with Gasteiger partial charge in [-0.05, 0) is 59.9 Å². The summed E-state index contributed by atoms with van der Waals surface area (Å²) in [7, 11) is 0. The van der Waals surface area contributed by atoms with Crippen LogP contribution in [0.2, 0.25) is 5.02 Å². The van der Waals surface area contributed by atoms with Gasteiger partial charge in [-0.15, -0.1) is 0 Å². The van der Waals surface area contributed by atoms with Gasteiger partial charge >= 0.3 is 0 Å². The van der Waals surface area contributed by atoms with Crippen molar-refractivity contribution in [1.29, 1.82) is 0 Å². The Labute approximate surface area is 181 Å². The predicted octanol–water partition coefficient (Wildman–Crippen LogP) is 4.70. The lowest BCUT2D eigenvalue weighted by atomic mass is 9.95. The number of rotatable bonds is 5. The van der Waals surface area contributed by atoms with Crippen molar-refractivity contribution in [3.05, 3.63) is 82.9 Å². The number of amides is 2. The Kier molecular flexibility index (Phi) is 6.34. The Morgan fingerprint density at radius 2 is 1.63 bits per heavy atom. The molecular weight excluding hydrogens is 396 g/mol. The van der Waals surface area contributed by atoms with Crippen LogP contribution in [-0.2, 0) is 11.2 Å². The van der Waals surface area contributed by atoms with E-state index in [0.717, 1.165) is 6.42 Å². The van der Waals surface area contributed by atoms with Gasteiger partial charge in [0.1, 0.15) is 0 Å². The molecule has 0 spiro atoms. The van der Waals surface area contributed by atoms with Gasteiger partial charge in [0.2, 0.25) is 5.91 Å². The summed E-state index contributed by atoms with van der Waals surface area (Å²) in [5, 5.41) is 6.17. The normalized spacial score (nSPS) is 14.6. The van der Waals surface area contributed by atoms with E-state index in [1.807, 2.05) is 17.0 Å². The minimum absolute atomic E-state index is 0.00137. The zero-order valence-corrected chi connectivity index (χ0v) is 17.6. The van der Waals surface area contributed by atoms with Crippen LogP contribution in [0.15, 0.2) is 66.7 Å². The quantitative estimate of drug-likeness (QED) is 0.650. The summed E-state index contributed by atoms with van der Waals surface area (Å²) >= 11 is 5.90. The minimum Gasteiger partial charge on any atom is -0.356 e. The Bertz CT molecular complexity index is 1040. The molecule has 0 atom stereocenters. The average molecular weight is 421 g/mol. The van der Waals surface area contributed by atoms with Crippen molar-refractivity contribution in [3.8, 4) is 0 Å². The van der Waals surface area contributed by atoms with Crippen molar-refractivity contribution < 1.29 is 9.59 Å². The van der Waals surface area contributed by atoms with E-state index in [-0.39, 0.29) is 17.7 Å². The van der Waals surface area contributed by atoms with E-state index < -0.39 is 0 Å². The molecular formula is C25H25ClN2O2. The summed E-state index contributed by atoms with van der Waals surface area (Å²) in [6.07, 6.45) is 2.19. The standard InChI is InChI=1S/C25H25ClN2O2/c26-22-10-8-21(9-11-22)25(30)28-16-13-20(14-17-28)24(29)27-15-12-19-6-3-5-18-4-1-2-7-23(18)19/h1-11,20H,12-17H2,(H,27,29). The molecule has 5 heteroatoms. The van der Waals surface area contributed by atoms with Crippen LogP contribution in [0.4, 0.5) is 0 Å². The monoisotopic (exact) mass is 420 g/mol. The van der Waals surface area contributed by atoms with E-state index in [1.54, 1.807) is 24.3 Å². The molecule has 3 aromatic carbocycles. The molecule has 4 rings (SSSR count). The number of halogens is 1. The van der Waals surface area contributed by atoms with Gasteiger partial charge < -0.3 is 10.2 Å². The molecule has 0 bridgehead atoms. The van der Waals surface area contributed by atoms with Crippen LogP contribution in [0.1, 0.15) is 28.8 Å². The van der Waals surface area contributed by atoms with Gasteiger partial charge in [-0.1, -0.05) is 54.1 Å². The lowest BCUT2D eigenvalue weighted by Gasteiger charge is -2.31. The first kappa shape index (κ1) is 20.4. The molecule has 3 aromatic rings. The highest BCUT2D eigenvalue weighted by atomic mass is 35.5. The molecule has 1 N–H and O–H groups in total. The van der Waals surface area contributed by atoms with Crippen LogP contribution in [0.5, 0.6) is 0 Å². The third-order valence-corrected chi connectivity index (χ3v) is 6.07. The molecule has 0 aliphatic carbocycles. The lowest BCUT2D eigenvalue weighted by Crippen LogP contribution is -2.43. The van der Waals surface area contributed by atoms with Gasteiger partial charge in [0.15, 0.2) is 0 Å². The Morgan fingerprint density at radius 1 is 0.933 bits per heavy atom. The first-order valence-electron chi connectivity index (χ1n) is 10.4. The molecule has 1 heterocycles. The first-order valence-corrected chi connectivity index (χ1v) is 10.8. The molecule has 30 heavy (non-hydrogen) atoms. The molecule has 0 unspecified atom stereocenters. The average Bonchev–Trinajstić information content (AvgIpc) is 2.79. The molecule has 0 aromatic heterocycles. The van der Waals surface area contributed by atoms with Crippen LogP contribution in [0.3, 0.4) is 0 Å². The van der Waals surface area contributed by atoms with Crippen LogP contribution >= 0.6 is 11.6 Å². The first-order chi connectivity index (χ1) is 14.6. The van der Waals surface area contributed by atoms with E-state index in [0.29, 0.717) is 43.1 Å². The van der Waals surface area contributed by atoms with Crippen molar-refractivity contribution in [2.75, 3.05) is 19.6 Å². The van der Waals surface area contributed by atoms with Gasteiger partial charge in [0.25, 0.3) is 5.91 Å². The lowest BCUT2D eigenvalue weighted by molar-refractivity contribution is -0.126. The zero-order chi connectivity index (χ0) is 20.9. The van der Waals surface area contributed by atoms with Crippen molar-refractivity contribution >= 4 is 34.2 Å². The third-order valence-electron chi connectivity index (χ3n) is 5.82. The number of carbonyl (C=O) groups is 2. The smallest absolute Gasteiger partial charge is 0.253 e. The number of nitrogens with zero attached hydrogens (tertiary/aromatic N) is 1. The van der Waals surface area contributed by atoms with Gasteiger partial charge in [-0.2, -0.15) is 0 Å². The van der Waals surface area contributed by atoms with Crippen molar-refractivity contribution in [2.45, 2.75) is 19.3 Å². The second-order valence-electron chi connectivity index (χ2n) is 7.75. The van der Waals surface area contributed by atoms with Crippen LogP contribution in [-0.4, -0.2) is 36.3 Å². The maximum atomic E-state index is 12.6. The third kappa shape index (κ3) is 4.65. The highest BCUT2D eigenvalue weighted by molar-refractivity contribution is 6.30. The summed E-state index contributed by atoms with van der Waals surface area (Å²) in [5.41, 5.74) is 1.88. The number of benzene rings is 3. The zero-order valence-electron chi connectivity index (χ0n) is 16.8. The molecule has 2 amide bonds. The fourth-order valence-electron chi connectivity index (χ4n) is 4.10. The van der Waals surface area contributed by atoms with Crippen LogP contribution in [0.25, 0.3) is 10.8 Å². The van der Waals surface area contributed by atoms with Gasteiger partial charge in [-0.25, -0.2) is 0 Å². The van der Waals surface area contributed by atoms with Crippen molar-refractivity contribution in [1.82, 2.24) is 10.2 Å². The Balaban J connectivity index is 1.26. The molecule has 1 saturated heterocycles. The molecule has 1 fully saturated rings. The summed E-state index contributed by atoms with van der Waals surface area (Å²) in [4.78, 5) is 27.0. The topological polar surface area (TPSA) is 49.4 Å². The fraction of sp³-hybridized carbons (Fsp3) is 0.280. The van der Waals surface area contributed by atoms with Gasteiger partial charge in [0.05, 0.1) is 0 Å². The number of piperidine rings is 1. The van der Waals surface area contributed by atoms with E-state index >= 15 is 0 Å². The number of hydrogen-bond acceptors (Lipinski definition) is 2. The Hall–Kier alpha value is -2.85. The summed E-state index contributed by atoms with van der Waals surface area (Å²) in [5.74, 6) is 0.0575. The van der Waals surface area contributed by atoms with Crippen molar-refractivity contribution in [3.63, 3.8) is 0 Å². The highest BCUT2D eigenvalue weighted by Gasteiger charge is 2.27. The van der Waals surface area contributed by atoms with Gasteiger partial charge in [0, 0.05) is 36.1 Å². The van der Waals surface area contributed by atoms with E-state index in [2.05, 4.69) is 35.6 Å². The molecule has 0 saturated carbocycles. The van der Waals surface area contributed by atoms with E-state index in [9.17, 15) is 9.59 Å². The van der Waals surface area contributed by atoms with E-state index in [4.69, 9.17) is 11.6 Å². The van der Waals surface area contributed by atoms with Crippen LogP contribution in [0, 0.1) is 5.92 Å². The summed E-state index contributed by atoms with van der Waals surface area (Å²) < 4.78 is 0. The summed E-state index contributed by atoms with van der Waals surface area (Å²) in [6.45, 7) is 1.82. The predicted molar refractivity (Wildman–Crippen MR) is 121 cm³/mol. The minimum atomic E-state index is -0.0354. The molecule has 1 aliphatic rings. The molecule has 1 aliphatic heterocycles. The number of carbonyl (C=O) groups excluding carboxylic acids is 2. The second-order valence-corrected chi connectivity index (χ2v) is 8.19. The largest absolute Gasteiger partial charge is 0.356 e. The number of hydrogen-bond donors (Lipinski definition) is 1. The van der Waals surface area contributed by atoms with Gasteiger partial charge in [-0.3, -0.25) is 9.59 Å². The van der Waals surface area contributed by atoms with Crippen molar-refractivity contribution in [2.24, 2.45) is 5.92 Å². The molecule has 154 valence electrons. The maximum Gasteiger partial charge on any atom is 0.253 e. The maximum absolute atomic E-state index is 12.6. The SMILES string of the molecule is O=C(NCCc1cccc2ccccc12)C1CCN(C(=O)c2ccc(Cl)cc2)CC1. The Morgan fingerprint density at radius 3 is 2.40 bits per heavy atom. The molecule has 4 nitrogen and oxygen atoms in total. The number of nitrogens with one attached hydrogen (secondary N) is 1.